The molecule has 0 N–H and O–H groups in total. The molecule has 0 spiro atoms. The highest BCUT2D eigenvalue weighted by atomic mass is 16.2. The van der Waals surface area contributed by atoms with Crippen LogP contribution in [0.2, 0.25) is 0 Å². The van der Waals surface area contributed by atoms with Crippen molar-refractivity contribution < 1.29 is 4.79 Å². The van der Waals surface area contributed by atoms with Crippen molar-refractivity contribution in [1.82, 2.24) is 9.55 Å². The van der Waals surface area contributed by atoms with Crippen LogP contribution in [0.5, 0.6) is 0 Å². The summed E-state index contributed by atoms with van der Waals surface area (Å²) in [6.45, 7) is 0. The largest absolute Gasteiger partial charge is 0.315 e. The molecule has 1 aromatic heterocycles. The molecule has 2 heterocycles. The number of rotatable bonds is 2. The van der Waals surface area contributed by atoms with Crippen molar-refractivity contribution in [3.63, 3.8) is 0 Å². The highest BCUT2D eigenvalue weighted by Crippen LogP contribution is 2.37. The van der Waals surface area contributed by atoms with Crippen molar-refractivity contribution in [3.8, 4) is 0 Å². The number of carbonyl (C=O) groups excluding carboxylic acids is 1. The predicted octanol–water partition coefficient (Wildman–Crippen LogP) is 2.24. The quantitative estimate of drug-likeness (QED) is 0.728. The molecule has 2 aromatic carbocycles. The Bertz CT molecular complexity index is 1020. The van der Waals surface area contributed by atoms with Crippen LogP contribution in [0.25, 0.3) is 10.9 Å². The lowest BCUT2D eigenvalue weighted by Gasteiger charge is -2.13. The Morgan fingerprint density at radius 3 is 2.54 bits per heavy atom. The minimum atomic E-state index is -0.300. The molecule has 1 aliphatic rings. The number of benzene rings is 2. The first kappa shape index (κ1) is 14.6. The lowest BCUT2D eigenvalue weighted by Crippen LogP contribution is -2.28. The fourth-order valence-corrected chi connectivity index (χ4v) is 3.40. The molecule has 0 bridgehead atoms. The van der Waals surface area contributed by atoms with Gasteiger partial charge in [-0.1, -0.05) is 30.3 Å². The molecule has 24 heavy (non-hydrogen) atoms. The second-order valence-electron chi connectivity index (χ2n) is 6.12. The Hall–Kier alpha value is -2.95. The molecule has 1 aliphatic heterocycles. The Labute approximate surface area is 139 Å². The first-order valence-electron chi connectivity index (χ1n) is 7.89. The van der Waals surface area contributed by atoms with Gasteiger partial charge in [0.1, 0.15) is 5.82 Å². The molecule has 0 saturated heterocycles. The van der Waals surface area contributed by atoms with Gasteiger partial charge in [-0.15, -0.1) is 0 Å². The molecule has 1 atom stereocenters. The number of aromatic nitrogens is 2. The lowest BCUT2D eigenvalue weighted by molar-refractivity contribution is -0.119. The topological polar surface area (TPSA) is 55.2 Å². The van der Waals surface area contributed by atoms with E-state index in [1.165, 1.54) is 0 Å². The fourth-order valence-electron chi connectivity index (χ4n) is 3.40. The zero-order valence-corrected chi connectivity index (χ0v) is 13.6. The monoisotopic (exact) mass is 319 g/mol. The van der Waals surface area contributed by atoms with E-state index in [1.54, 1.807) is 29.6 Å². The van der Waals surface area contributed by atoms with Gasteiger partial charge >= 0.3 is 0 Å². The average Bonchev–Trinajstić information content (AvgIpc) is 2.85. The summed E-state index contributed by atoms with van der Waals surface area (Å²) in [4.78, 5) is 31.5. The number of amides is 1. The van der Waals surface area contributed by atoms with Crippen LogP contribution in [0.3, 0.4) is 0 Å². The van der Waals surface area contributed by atoms with E-state index in [4.69, 9.17) is 0 Å². The third-order valence-corrected chi connectivity index (χ3v) is 4.76. The van der Waals surface area contributed by atoms with Crippen molar-refractivity contribution in [2.75, 3.05) is 11.9 Å². The summed E-state index contributed by atoms with van der Waals surface area (Å²) in [6.07, 6.45) is 0.413. The van der Waals surface area contributed by atoms with Gasteiger partial charge in [0.15, 0.2) is 0 Å². The molecule has 4 rings (SSSR count). The Balaban J connectivity index is 1.82. The van der Waals surface area contributed by atoms with Crippen LogP contribution in [0.1, 0.15) is 17.3 Å². The molecule has 0 unspecified atom stereocenters. The Morgan fingerprint density at radius 2 is 1.71 bits per heavy atom. The fraction of sp³-hybridized carbons (Fsp3) is 0.211. The maximum absolute atomic E-state index is 12.6. The van der Waals surface area contributed by atoms with Crippen molar-refractivity contribution in [2.45, 2.75) is 12.3 Å². The number of nitrogens with zero attached hydrogens (tertiary/aromatic N) is 3. The van der Waals surface area contributed by atoms with Crippen LogP contribution in [0, 0.1) is 0 Å². The predicted molar refractivity (Wildman–Crippen MR) is 93.3 cm³/mol. The zero-order chi connectivity index (χ0) is 16.8. The summed E-state index contributed by atoms with van der Waals surface area (Å²) >= 11 is 0. The molecule has 5 heteroatoms. The first-order chi connectivity index (χ1) is 11.6. The summed E-state index contributed by atoms with van der Waals surface area (Å²) in [5.74, 6) is 0.367. The normalized spacial score (nSPS) is 16.7. The number of likely N-dealkylation sites (N-methyl/N-ethyl adjacent to an activating group) is 1. The molecular formula is C19H17N3O2. The van der Waals surface area contributed by atoms with E-state index < -0.39 is 0 Å². The number of carbonyl (C=O) groups is 1. The van der Waals surface area contributed by atoms with Gasteiger partial charge in [0, 0.05) is 26.2 Å². The third kappa shape index (κ3) is 2.05. The molecule has 5 nitrogen and oxygen atoms in total. The lowest BCUT2D eigenvalue weighted by atomic mass is 9.97. The van der Waals surface area contributed by atoms with E-state index in [0.29, 0.717) is 23.1 Å². The maximum atomic E-state index is 12.6. The van der Waals surface area contributed by atoms with Gasteiger partial charge in [-0.3, -0.25) is 14.2 Å². The van der Waals surface area contributed by atoms with Crippen LogP contribution in [-0.4, -0.2) is 22.5 Å². The number of anilines is 1. The van der Waals surface area contributed by atoms with Crippen LogP contribution in [0.4, 0.5) is 5.69 Å². The van der Waals surface area contributed by atoms with E-state index in [0.717, 1.165) is 11.3 Å². The summed E-state index contributed by atoms with van der Waals surface area (Å²) in [5, 5.41) is 0.596. The van der Waals surface area contributed by atoms with E-state index in [1.807, 2.05) is 42.5 Å². The highest BCUT2D eigenvalue weighted by Gasteiger charge is 2.35. The zero-order valence-electron chi connectivity index (χ0n) is 13.6. The van der Waals surface area contributed by atoms with E-state index in [-0.39, 0.29) is 17.4 Å². The smallest absolute Gasteiger partial charge is 0.261 e. The number of hydrogen-bond donors (Lipinski definition) is 0. The Kier molecular flexibility index (Phi) is 3.23. The second kappa shape index (κ2) is 5.30. The van der Waals surface area contributed by atoms with Gasteiger partial charge in [-0.25, -0.2) is 4.98 Å². The standard InChI is InChI=1S/C19H17N3O2/c1-21-16-10-6-4-7-12(16)14(19(21)24)11-17-20-15-9-5-3-8-13(15)18(23)22(17)2/h3-10,14H,11H2,1-2H3/t14-/m1/s1. The van der Waals surface area contributed by atoms with Crippen LogP contribution in [0.15, 0.2) is 53.3 Å². The number of hydrogen-bond acceptors (Lipinski definition) is 3. The van der Waals surface area contributed by atoms with Crippen molar-refractivity contribution in [2.24, 2.45) is 7.05 Å². The van der Waals surface area contributed by atoms with Crippen molar-refractivity contribution in [1.29, 1.82) is 0 Å². The van der Waals surface area contributed by atoms with Gasteiger partial charge < -0.3 is 4.90 Å². The molecule has 0 saturated carbocycles. The van der Waals surface area contributed by atoms with E-state index in [2.05, 4.69) is 4.98 Å². The van der Waals surface area contributed by atoms with Crippen molar-refractivity contribution >= 4 is 22.5 Å². The summed E-state index contributed by atoms with van der Waals surface area (Å²) in [6, 6.07) is 15.1. The summed E-state index contributed by atoms with van der Waals surface area (Å²) in [7, 11) is 3.50. The van der Waals surface area contributed by atoms with Crippen molar-refractivity contribution in [3.05, 3.63) is 70.3 Å². The molecule has 0 fully saturated rings. The molecule has 3 aromatic rings. The van der Waals surface area contributed by atoms with Gasteiger partial charge in [0.2, 0.25) is 5.91 Å². The summed E-state index contributed by atoms with van der Waals surface area (Å²) < 4.78 is 1.55. The summed E-state index contributed by atoms with van der Waals surface area (Å²) in [5.41, 5.74) is 2.51. The third-order valence-electron chi connectivity index (χ3n) is 4.76. The number of fused-ring (bicyclic) bond motifs is 2. The minimum Gasteiger partial charge on any atom is -0.315 e. The maximum Gasteiger partial charge on any atom is 0.261 e. The van der Waals surface area contributed by atoms with Crippen LogP contribution < -0.4 is 10.5 Å². The Morgan fingerprint density at radius 1 is 1.00 bits per heavy atom. The first-order valence-corrected chi connectivity index (χ1v) is 7.89. The molecule has 0 radical (unpaired) electrons. The van der Waals surface area contributed by atoms with Crippen LogP contribution in [-0.2, 0) is 18.3 Å². The SMILES string of the molecule is CN1C(=O)[C@H](Cc2nc3ccccc3c(=O)n2C)c2ccccc21. The average molecular weight is 319 g/mol. The van der Waals surface area contributed by atoms with Gasteiger partial charge in [0.25, 0.3) is 5.56 Å². The van der Waals surface area contributed by atoms with E-state index in [9.17, 15) is 9.59 Å². The second-order valence-corrected chi connectivity index (χ2v) is 6.12. The van der Waals surface area contributed by atoms with Gasteiger partial charge in [-0.2, -0.15) is 0 Å². The molecular weight excluding hydrogens is 302 g/mol. The molecule has 0 aliphatic carbocycles. The number of para-hydroxylation sites is 2. The highest BCUT2D eigenvalue weighted by molar-refractivity contribution is 6.04. The molecule has 1 amide bonds. The van der Waals surface area contributed by atoms with Crippen LogP contribution >= 0.6 is 0 Å². The van der Waals surface area contributed by atoms with E-state index >= 15 is 0 Å². The van der Waals surface area contributed by atoms with Gasteiger partial charge in [-0.05, 0) is 23.8 Å². The van der Waals surface area contributed by atoms with Gasteiger partial charge in [0.05, 0.1) is 16.8 Å². The molecule has 120 valence electrons. The minimum absolute atomic E-state index is 0.0404.